The third kappa shape index (κ3) is 4.70. The van der Waals surface area contributed by atoms with Crippen molar-refractivity contribution in [2.75, 3.05) is 39.2 Å². The van der Waals surface area contributed by atoms with E-state index in [-0.39, 0.29) is 24.1 Å². The van der Waals surface area contributed by atoms with Crippen LogP contribution in [0.25, 0.3) is 10.2 Å². The average Bonchev–Trinajstić information content (AvgIpc) is 3.28. The lowest BCUT2D eigenvalue weighted by atomic mass is 10.3. The van der Waals surface area contributed by atoms with Crippen LogP contribution < -0.4 is 9.64 Å². The van der Waals surface area contributed by atoms with Crippen LogP contribution in [-0.4, -0.2) is 55.2 Å². The Hall–Kier alpha value is -1.87. The van der Waals surface area contributed by atoms with Crippen molar-refractivity contribution in [3.8, 4) is 5.75 Å². The van der Waals surface area contributed by atoms with Gasteiger partial charge in [-0.05, 0) is 39.2 Å². The molecule has 27 heavy (non-hydrogen) atoms. The number of amides is 1. The molecule has 0 N–H and O–H groups in total. The highest BCUT2D eigenvalue weighted by Crippen LogP contribution is 2.39. The number of fused-ring (bicyclic) bond motifs is 1. The summed E-state index contributed by atoms with van der Waals surface area (Å²) in [5.74, 6) is 0.509. The van der Waals surface area contributed by atoms with Gasteiger partial charge in [-0.1, -0.05) is 28.1 Å². The number of methoxy groups -OCH3 is 1. The maximum absolute atomic E-state index is 12.9. The van der Waals surface area contributed by atoms with Gasteiger partial charge < -0.3 is 14.2 Å². The molecule has 1 aromatic carbocycles. The highest BCUT2D eigenvalue weighted by atomic mass is 35.5. The highest BCUT2D eigenvalue weighted by molar-refractivity contribution is 7.23. The Morgan fingerprint density at radius 3 is 2.70 bits per heavy atom. The Balaban J connectivity index is 0.00000261. The highest BCUT2D eigenvalue weighted by Gasteiger charge is 2.25. The molecule has 0 unspecified atom stereocenters. The first kappa shape index (κ1) is 21.4. The van der Waals surface area contributed by atoms with E-state index in [2.05, 4.69) is 15.0 Å². The molecule has 0 fully saturated rings. The topological polar surface area (TPSA) is 71.7 Å². The maximum Gasteiger partial charge on any atom is 0.298 e. The Bertz CT molecular complexity index is 899. The summed E-state index contributed by atoms with van der Waals surface area (Å²) in [6.45, 7) is 1.34. The van der Waals surface area contributed by atoms with E-state index < -0.39 is 0 Å². The van der Waals surface area contributed by atoms with Crippen LogP contribution in [0.15, 0.2) is 28.9 Å². The molecule has 0 aliphatic heterocycles. The minimum atomic E-state index is -0.282. The molecule has 7 nitrogen and oxygen atoms in total. The third-order valence-corrected chi connectivity index (χ3v) is 5.32. The molecule has 3 rings (SSSR count). The number of rotatable bonds is 7. The SMILES string of the molecule is COc1ccc(Cl)c2sc(N(CCCN(C)C)C(=O)c3ccno3)nc12.Cl. The van der Waals surface area contributed by atoms with E-state index in [1.807, 2.05) is 14.1 Å². The first-order valence-corrected chi connectivity index (χ1v) is 9.21. The number of carbonyl (C=O) groups is 1. The minimum absolute atomic E-state index is 0. The van der Waals surface area contributed by atoms with Crippen LogP contribution >= 0.6 is 35.3 Å². The number of carbonyl (C=O) groups excluding carboxylic acids is 1. The van der Waals surface area contributed by atoms with E-state index in [0.717, 1.165) is 17.7 Å². The molecule has 0 saturated heterocycles. The number of thiazole rings is 1. The second-order valence-electron chi connectivity index (χ2n) is 5.91. The summed E-state index contributed by atoms with van der Waals surface area (Å²) in [4.78, 5) is 21.2. The zero-order valence-corrected chi connectivity index (χ0v) is 17.5. The molecule has 0 bridgehead atoms. The van der Waals surface area contributed by atoms with Gasteiger partial charge in [0, 0.05) is 12.6 Å². The predicted molar refractivity (Wildman–Crippen MR) is 110 cm³/mol. The van der Waals surface area contributed by atoms with Crippen molar-refractivity contribution in [3.63, 3.8) is 0 Å². The Kier molecular flexibility index (Phi) is 7.43. The molecule has 0 saturated carbocycles. The number of halogens is 2. The molecular weight excluding hydrogens is 411 g/mol. The molecule has 0 atom stereocenters. The molecule has 2 aromatic heterocycles. The third-order valence-electron chi connectivity index (χ3n) is 3.78. The lowest BCUT2D eigenvalue weighted by Gasteiger charge is -2.19. The Morgan fingerprint density at radius 2 is 2.07 bits per heavy atom. The van der Waals surface area contributed by atoms with Gasteiger partial charge in [-0.25, -0.2) is 4.98 Å². The lowest BCUT2D eigenvalue weighted by molar-refractivity contribution is 0.0950. The molecule has 0 aliphatic carbocycles. The summed E-state index contributed by atoms with van der Waals surface area (Å²) in [5, 5.41) is 4.74. The minimum Gasteiger partial charge on any atom is -0.494 e. The fourth-order valence-corrected chi connectivity index (χ4v) is 3.79. The van der Waals surface area contributed by atoms with Gasteiger partial charge >= 0.3 is 0 Å². The predicted octanol–water partition coefficient (Wildman–Crippen LogP) is 3.97. The van der Waals surface area contributed by atoms with Crippen LogP contribution in [0.1, 0.15) is 17.0 Å². The molecule has 0 spiro atoms. The van der Waals surface area contributed by atoms with Crippen molar-refractivity contribution in [1.29, 1.82) is 0 Å². The summed E-state index contributed by atoms with van der Waals surface area (Å²) in [7, 11) is 5.56. The fraction of sp³-hybridized carbons (Fsp3) is 0.353. The van der Waals surface area contributed by atoms with Crippen LogP contribution in [0.2, 0.25) is 5.02 Å². The van der Waals surface area contributed by atoms with Gasteiger partial charge in [0.1, 0.15) is 11.3 Å². The van der Waals surface area contributed by atoms with Gasteiger partial charge in [-0.15, -0.1) is 12.4 Å². The van der Waals surface area contributed by atoms with E-state index in [0.29, 0.717) is 28.0 Å². The van der Waals surface area contributed by atoms with Crippen molar-refractivity contribution in [2.24, 2.45) is 0 Å². The summed E-state index contributed by atoms with van der Waals surface area (Å²) < 4.78 is 11.2. The number of hydrogen-bond donors (Lipinski definition) is 0. The van der Waals surface area contributed by atoms with Crippen LogP contribution in [0.4, 0.5) is 5.13 Å². The van der Waals surface area contributed by atoms with Crippen LogP contribution in [-0.2, 0) is 0 Å². The zero-order chi connectivity index (χ0) is 18.7. The number of ether oxygens (including phenoxy) is 1. The molecule has 3 aromatic rings. The number of benzene rings is 1. The van der Waals surface area contributed by atoms with E-state index in [1.165, 1.54) is 17.5 Å². The molecule has 0 aliphatic rings. The normalized spacial score (nSPS) is 10.9. The number of nitrogens with zero attached hydrogens (tertiary/aromatic N) is 4. The largest absolute Gasteiger partial charge is 0.494 e. The second kappa shape index (κ2) is 9.36. The van der Waals surface area contributed by atoms with Gasteiger partial charge in [0.2, 0.25) is 5.76 Å². The van der Waals surface area contributed by atoms with Gasteiger partial charge in [-0.2, -0.15) is 0 Å². The van der Waals surface area contributed by atoms with Crippen molar-refractivity contribution in [1.82, 2.24) is 15.0 Å². The molecular formula is C17H20Cl2N4O3S. The summed E-state index contributed by atoms with van der Waals surface area (Å²) in [5.41, 5.74) is 0.642. The lowest BCUT2D eigenvalue weighted by Crippen LogP contribution is -2.33. The Labute approximate surface area is 172 Å². The summed E-state index contributed by atoms with van der Waals surface area (Å²) in [6.07, 6.45) is 2.23. The fourth-order valence-electron chi connectivity index (χ4n) is 2.51. The van der Waals surface area contributed by atoms with E-state index >= 15 is 0 Å². The van der Waals surface area contributed by atoms with Crippen LogP contribution in [0.5, 0.6) is 5.75 Å². The van der Waals surface area contributed by atoms with Crippen LogP contribution in [0, 0.1) is 0 Å². The molecule has 1 amide bonds. The standard InChI is InChI=1S/C17H19ClN4O3S.ClH/c1-21(2)9-4-10-22(16(23)13-7-8-19-25-13)17-20-14-12(24-3)6-5-11(18)15(14)26-17;/h5-8H,4,9-10H2,1-3H3;1H. The maximum atomic E-state index is 12.9. The number of hydrogen-bond acceptors (Lipinski definition) is 7. The van der Waals surface area contributed by atoms with Crippen molar-refractivity contribution in [2.45, 2.75) is 6.42 Å². The molecule has 0 radical (unpaired) electrons. The smallest absolute Gasteiger partial charge is 0.298 e. The van der Waals surface area contributed by atoms with E-state index in [4.69, 9.17) is 20.9 Å². The van der Waals surface area contributed by atoms with Gasteiger partial charge in [0.25, 0.3) is 5.91 Å². The van der Waals surface area contributed by atoms with Crippen molar-refractivity contribution >= 4 is 56.6 Å². The molecule has 10 heteroatoms. The Morgan fingerprint density at radius 1 is 1.30 bits per heavy atom. The molecule has 2 heterocycles. The van der Waals surface area contributed by atoms with Crippen molar-refractivity contribution < 1.29 is 14.1 Å². The van der Waals surface area contributed by atoms with E-state index in [9.17, 15) is 4.79 Å². The first-order chi connectivity index (χ1) is 12.5. The van der Waals surface area contributed by atoms with Gasteiger partial charge in [0.05, 0.1) is 23.0 Å². The molecule has 146 valence electrons. The summed E-state index contributed by atoms with van der Waals surface area (Å²) in [6, 6.07) is 5.07. The van der Waals surface area contributed by atoms with Crippen molar-refractivity contribution in [3.05, 3.63) is 35.2 Å². The van der Waals surface area contributed by atoms with Gasteiger partial charge in [-0.3, -0.25) is 9.69 Å². The van der Waals surface area contributed by atoms with Crippen LogP contribution in [0.3, 0.4) is 0 Å². The van der Waals surface area contributed by atoms with Gasteiger partial charge in [0.15, 0.2) is 5.13 Å². The number of aromatic nitrogens is 2. The zero-order valence-electron chi connectivity index (χ0n) is 15.1. The average molecular weight is 431 g/mol. The monoisotopic (exact) mass is 430 g/mol. The van der Waals surface area contributed by atoms with E-state index in [1.54, 1.807) is 30.2 Å². The second-order valence-corrected chi connectivity index (χ2v) is 7.30. The summed E-state index contributed by atoms with van der Waals surface area (Å²) >= 11 is 7.66. The number of anilines is 1. The quantitative estimate of drug-likeness (QED) is 0.564. The first-order valence-electron chi connectivity index (χ1n) is 8.01.